The molecule has 2 aliphatic rings. The fourth-order valence-electron chi connectivity index (χ4n) is 2.58. The van der Waals surface area contributed by atoms with Crippen molar-refractivity contribution in [1.82, 2.24) is 5.32 Å². The first-order valence-corrected chi connectivity index (χ1v) is 8.12. The van der Waals surface area contributed by atoms with Gasteiger partial charge in [-0.05, 0) is 19.3 Å². The predicted molar refractivity (Wildman–Crippen MR) is 62.2 cm³/mol. The summed E-state index contributed by atoms with van der Waals surface area (Å²) in [5.41, 5.74) is 0. The van der Waals surface area contributed by atoms with Crippen molar-refractivity contribution in [1.29, 1.82) is 0 Å². The summed E-state index contributed by atoms with van der Waals surface area (Å²) < 4.78 is 23.3. The van der Waals surface area contributed by atoms with Crippen LogP contribution in [0.3, 0.4) is 0 Å². The Balaban J connectivity index is 2.23. The van der Waals surface area contributed by atoms with Crippen LogP contribution >= 0.6 is 11.8 Å². The Morgan fingerprint density at radius 3 is 2.75 bits per heavy atom. The van der Waals surface area contributed by atoms with Gasteiger partial charge in [0.05, 0.1) is 10.1 Å². The number of hydrogen-bond acceptors (Lipinski definition) is 5. The molecule has 1 aliphatic carbocycles. The molecule has 1 saturated carbocycles. The molecule has 0 radical (unpaired) electrons. The second kappa shape index (κ2) is 3.89. The molecule has 92 valence electrons. The molecular formula is C9H15NO4S2. The first-order chi connectivity index (χ1) is 7.35. The van der Waals surface area contributed by atoms with Crippen LogP contribution in [-0.2, 0) is 14.6 Å². The standard InChI is InChI=1S/C9H15NO4S2/c1-16(13,14)7-3-2-4-9(7)10-6(5-15-9)8(11)12/h6-7,10H,2-5H2,1H3,(H,11,12)/t6-,7?,9?/m0/s1. The maximum atomic E-state index is 11.7. The molecule has 3 atom stereocenters. The molecule has 16 heavy (non-hydrogen) atoms. The van der Waals surface area contributed by atoms with Crippen LogP contribution in [0.1, 0.15) is 19.3 Å². The molecule has 1 spiro atoms. The van der Waals surface area contributed by atoms with Crippen molar-refractivity contribution in [3.05, 3.63) is 0 Å². The van der Waals surface area contributed by atoms with Crippen molar-refractivity contribution in [2.75, 3.05) is 12.0 Å². The molecule has 2 fully saturated rings. The summed E-state index contributed by atoms with van der Waals surface area (Å²) in [6.45, 7) is 0. The number of sulfone groups is 1. The summed E-state index contributed by atoms with van der Waals surface area (Å²) in [5, 5.41) is 11.5. The largest absolute Gasteiger partial charge is 0.480 e. The number of thioether (sulfide) groups is 1. The van der Waals surface area contributed by atoms with Crippen LogP contribution in [-0.4, -0.2) is 47.7 Å². The fourth-order valence-corrected chi connectivity index (χ4v) is 6.29. The Bertz CT molecular complexity index is 408. The molecule has 0 aromatic carbocycles. The summed E-state index contributed by atoms with van der Waals surface area (Å²) in [5.74, 6) is -0.454. The zero-order chi connectivity index (χ0) is 12.0. The van der Waals surface area contributed by atoms with Gasteiger partial charge < -0.3 is 5.11 Å². The smallest absolute Gasteiger partial charge is 0.321 e. The van der Waals surface area contributed by atoms with Crippen LogP contribution in [0, 0.1) is 0 Å². The normalized spacial score (nSPS) is 39.3. The quantitative estimate of drug-likeness (QED) is 0.735. The average molecular weight is 265 g/mol. The predicted octanol–water partition coefficient (Wildman–Crippen LogP) is 0.0694. The number of rotatable bonds is 2. The van der Waals surface area contributed by atoms with E-state index in [1.807, 2.05) is 0 Å². The Labute approximate surface area is 98.9 Å². The monoisotopic (exact) mass is 265 g/mol. The Hall–Kier alpha value is -0.270. The molecule has 5 nitrogen and oxygen atoms in total. The molecule has 2 rings (SSSR count). The van der Waals surface area contributed by atoms with Crippen molar-refractivity contribution < 1.29 is 18.3 Å². The summed E-state index contributed by atoms with van der Waals surface area (Å²) in [4.78, 5) is 10.3. The maximum Gasteiger partial charge on any atom is 0.321 e. The van der Waals surface area contributed by atoms with Crippen LogP contribution in [0.4, 0.5) is 0 Å². The minimum absolute atomic E-state index is 0.446. The lowest BCUT2D eigenvalue weighted by Gasteiger charge is -2.29. The Morgan fingerprint density at radius 2 is 2.25 bits per heavy atom. The number of nitrogens with one attached hydrogen (secondary N) is 1. The Morgan fingerprint density at radius 1 is 1.56 bits per heavy atom. The molecule has 0 aromatic heterocycles. The summed E-state index contributed by atoms with van der Waals surface area (Å²) >= 11 is 1.45. The van der Waals surface area contributed by atoms with Crippen molar-refractivity contribution in [2.24, 2.45) is 0 Å². The third-order valence-corrected chi connectivity index (χ3v) is 6.72. The molecular weight excluding hydrogens is 250 g/mol. The number of hydrogen-bond donors (Lipinski definition) is 2. The van der Waals surface area contributed by atoms with Gasteiger partial charge in [-0.2, -0.15) is 0 Å². The highest BCUT2D eigenvalue weighted by atomic mass is 32.2. The first kappa shape index (κ1) is 12.2. The zero-order valence-corrected chi connectivity index (χ0v) is 10.6. The van der Waals surface area contributed by atoms with Gasteiger partial charge in [0, 0.05) is 12.0 Å². The number of carboxylic acid groups (broad SMARTS) is 1. The lowest BCUT2D eigenvalue weighted by Crippen LogP contribution is -2.51. The third-order valence-electron chi connectivity index (χ3n) is 3.28. The van der Waals surface area contributed by atoms with Crippen molar-refractivity contribution in [3.8, 4) is 0 Å². The van der Waals surface area contributed by atoms with Crippen molar-refractivity contribution >= 4 is 27.6 Å². The molecule has 1 saturated heterocycles. The second-order valence-corrected chi connectivity index (χ2v) is 8.02. The number of carbonyl (C=O) groups is 1. The van der Waals surface area contributed by atoms with E-state index in [1.165, 1.54) is 18.0 Å². The van der Waals surface area contributed by atoms with E-state index in [-0.39, 0.29) is 0 Å². The molecule has 0 aromatic rings. The lowest BCUT2D eigenvalue weighted by atomic mass is 10.2. The number of carboxylic acids is 1. The molecule has 2 N–H and O–H groups in total. The maximum absolute atomic E-state index is 11.7. The topological polar surface area (TPSA) is 83.5 Å². The molecule has 2 unspecified atom stereocenters. The number of aliphatic carboxylic acids is 1. The van der Waals surface area contributed by atoms with Gasteiger partial charge in [-0.1, -0.05) is 0 Å². The van der Waals surface area contributed by atoms with E-state index in [2.05, 4.69) is 5.32 Å². The fraction of sp³-hybridized carbons (Fsp3) is 0.889. The van der Waals surface area contributed by atoms with Gasteiger partial charge in [-0.15, -0.1) is 11.8 Å². The molecule has 0 bridgehead atoms. The molecule has 0 amide bonds. The zero-order valence-electron chi connectivity index (χ0n) is 8.97. The van der Waals surface area contributed by atoms with Gasteiger partial charge in [0.1, 0.15) is 6.04 Å². The van der Waals surface area contributed by atoms with Crippen LogP contribution in [0.25, 0.3) is 0 Å². The molecule has 1 aliphatic heterocycles. The van der Waals surface area contributed by atoms with E-state index in [9.17, 15) is 13.2 Å². The van der Waals surface area contributed by atoms with Gasteiger partial charge in [-0.25, -0.2) is 8.42 Å². The summed E-state index contributed by atoms with van der Waals surface area (Å²) in [6, 6.07) is -0.618. The van der Waals surface area contributed by atoms with Crippen molar-refractivity contribution in [2.45, 2.75) is 35.4 Å². The highest BCUT2D eigenvalue weighted by Gasteiger charge is 2.53. The highest BCUT2D eigenvalue weighted by molar-refractivity contribution is 8.02. The minimum Gasteiger partial charge on any atom is -0.480 e. The average Bonchev–Trinajstić information content (AvgIpc) is 2.73. The van der Waals surface area contributed by atoms with Crippen LogP contribution in [0.15, 0.2) is 0 Å². The van der Waals surface area contributed by atoms with Crippen LogP contribution < -0.4 is 5.32 Å². The highest BCUT2D eigenvalue weighted by Crippen LogP contribution is 2.46. The van der Waals surface area contributed by atoms with E-state index < -0.39 is 32.0 Å². The van der Waals surface area contributed by atoms with E-state index in [4.69, 9.17) is 5.11 Å². The summed E-state index contributed by atoms with van der Waals surface area (Å²) in [7, 11) is -3.12. The molecule has 1 heterocycles. The third kappa shape index (κ3) is 1.96. The molecule has 7 heteroatoms. The summed E-state index contributed by atoms with van der Waals surface area (Å²) in [6.07, 6.45) is 3.44. The van der Waals surface area contributed by atoms with Crippen molar-refractivity contribution in [3.63, 3.8) is 0 Å². The first-order valence-electron chi connectivity index (χ1n) is 5.18. The van der Waals surface area contributed by atoms with Gasteiger partial charge in [0.2, 0.25) is 0 Å². The van der Waals surface area contributed by atoms with E-state index in [0.29, 0.717) is 12.2 Å². The van der Waals surface area contributed by atoms with Crippen LogP contribution in [0.5, 0.6) is 0 Å². The van der Waals surface area contributed by atoms with Gasteiger partial charge in [-0.3, -0.25) is 10.1 Å². The van der Waals surface area contributed by atoms with E-state index in [1.54, 1.807) is 0 Å². The lowest BCUT2D eigenvalue weighted by molar-refractivity contribution is -0.138. The van der Waals surface area contributed by atoms with Gasteiger partial charge in [0.15, 0.2) is 9.84 Å². The van der Waals surface area contributed by atoms with Gasteiger partial charge >= 0.3 is 5.97 Å². The Kier molecular flexibility index (Phi) is 2.96. The van der Waals surface area contributed by atoms with Crippen LogP contribution in [0.2, 0.25) is 0 Å². The van der Waals surface area contributed by atoms with E-state index in [0.717, 1.165) is 12.8 Å². The minimum atomic E-state index is -3.12. The van der Waals surface area contributed by atoms with E-state index >= 15 is 0 Å². The second-order valence-electron chi connectivity index (χ2n) is 4.45. The van der Waals surface area contributed by atoms with Gasteiger partial charge in [0.25, 0.3) is 0 Å². The SMILES string of the molecule is CS(=O)(=O)C1CCCC12N[C@H](C(=O)O)CS2.